The normalized spacial score (nSPS) is 18.9. The number of ether oxygens (including phenoxy) is 2. The zero-order valence-corrected chi connectivity index (χ0v) is 18.8. The third kappa shape index (κ3) is 5.36. The molecule has 162 valence electrons. The molecule has 1 aromatic rings. The van der Waals surface area contributed by atoms with Crippen LogP contribution in [0.1, 0.15) is 46.6 Å². The summed E-state index contributed by atoms with van der Waals surface area (Å²) in [6, 6.07) is 6.87. The summed E-state index contributed by atoms with van der Waals surface area (Å²) in [6.07, 6.45) is -0.407. The highest BCUT2D eigenvalue weighted by atomic mass is 32.2. The van der Waals surface area contributed by atoms with E-state index in [0.717, 1.165) is 5.75 Å². The van der Waals surface area contributed by atoms with E-state index in [1.807, 2.05) is 13.8 Å². The van der Waals surface area contributed by atoms with Gasteiger partial charge in [0.1, 0.15) is 16.8 Å². The molecule has 7 nitrogen and oxygen atoms in total. The topological polar surface area (TPSA) is 88.1 Å². The van der Waals surface area contributed by atoms with Gasteiger partial charge in [-0.25, -0.2) is 9.59 Å². The van der Waals surface area contributed by atoms with Crippen LogP contribution in [0, 0.1) is 5.92 Å². The second-order valence-electron chi connectivity index (χ2n) is 8.52. The number of carboxylic acids is 1. The van der Waals surface area contributed by atoms with Gasteiger partial charge in [0, 0.05) is 12.3 Å². The van der Waals surface area contributed by atoms with Gasteiger partial charge in [0.15, 0.2) is 5.54 Å². The number of amides is 1. The number of hydrogen-bond donors (Lipinski definition) is 2. The first-order chi connectivity index (χ1) is 13.5. The van der Waals surface area contributed by atoms with Gasteiger partial charge < -0.3 is 14.6 Å². The smallest absolute Gasteiger partial charge is 0.413 e. The van der Waals surface area contributed by atoms with Gasteiger partial charge in [0.05, 0.1) is 7.11 Å². The number of carboxylic acid groups (broad SMARTS) is 1. The fourth-order valence-corrected chi connectivity index (χ4v) is 4.58. The minimum absolute atomic E-state index is 0.0181. The summed E-state index contributed by atoms with van der Waals surface area (Å²) in [5, 5.41) is 13.8. The van der Waals surface area contributed by atoms with E-state index in [0.29, 0.717) is 17.9 Å². The lowest BCUT2D eigenvalue weighted by molar-refractivity contribution is -0.154. The van der Waals surface area contributed by atoms with Gasteiger partial charge in [-0.05, 0) is 50.8 Å². The van der Waals surface area contributed by atoms with Crippen LogP contribution < -0.4 is 10.1 Å². The van der Waals surface area contributed by atoms with Crippen molar-refractivity contribution in [1.29, 1.82) is 0 Å². The Labute approximate surface area is 177 Å². The molecule has 1 aliphatic rings. The predicted molar refractivity (Wildman–Crippen MR) is 114 cm³/mol. The molecule has 1 amide bonds. The van der Waals surface area contributed by atoms with Crippen molar-refractivity contribution >= 4 is 23.8 Å². The molecule has 0 saturated carbocycles. The summed E-state index contributed by atoms with van der Waals surface area (Å²) in [7, 11) is 1.56. The molecule has 2 N–H and O–H groups in total. The van der Waals surface area contributed by atoms with Gasteiger partial charge in [-0.2, -0.15) is 0 Å². The molecular formula is C21H32N2O5S. The molecule has 2 atom stereocenters. The number of nitrogens with one attached hydrogen (secondary N) is 1. The summed E-state index contributed by atoms with van der Waals surface area (Å²) in [5.41, 5.74) is -2.32. The number of methoxy groups -OCH3 is 1. The molecule has 29 heavy (non-hydrogen) atoms. The second kappa shape index (κ2) is 9.26. The number of thioether (sulfide) groups is 1. The van der Waals surface area contributed by atoms with Crippen molar-refractivity contribution < 1.29 is 24.2 Å². The summed E-state index contributed by atoms with van der Waals surface area (Å²) < 4.78 is 10.9. The van der Waals surface area contributed by atoms with E-state index >= 15 is 0 Å². The van der Waals surface area contributed by atoms with Crippen LogP contribution in [0.3, 0.4) is 0 Å². The lowest BCUT2D eigenvalue weighted by Crippen LogP contribution is -2.61. The molecular weight excluding hydrogens is 392 g/mol. The Balaban J connectivity index is 2.67. The van der Waals surface area contributed by atoms with Gasteiger partial charge >= 0.3 is 12.1 Å². The second-order valence-corrected chi connectivity index (χ2v) is 9.71. The van der Waals surface area contributed by atoms with Gasteiger partial charge in [-0.3, -0.25) is 10.2 Å². The maximum absolute atomic E-state index is 13.3. The van der Waals surface area contributed by atoms with E-state index < -0.39 is 28.7 Å². The molecule has 1 saturated heterocycles. The number of carbonyl (C=O) groups excluding carboxylic acids is 1. The van der Waals surface area contributed by atoms with Crippen LogP contribution in [0.25, 0.3) is 0 Å². The maximum atomic E-state index is 13.3. The van der Waals surface area contributed by atoms with E-state index in [2.05, 4.69) is 5.32 Å². The first-order valence-corrected chi connectivity index (χ1v) is 10.8. The average Bonchev–Trinajstić information content (AvgIpc) is 3.13. The molecule has 1 aliphatic heterocycles. The lowest BCUT2D eigenvalue weighted by atomic mass is 9.81. The number of nitrogens with zero attached hydrogens (tertiary/aromatic N) is 1. The molecule has 8 heteroatoms. The third-order valence-corrected chi connectivity index (χ3v) is 5.69. The average molecular weight is 425 g/mol. The van der Waals surface area contributed by atoms with E-state index in [1.165, 1.54) is 16.7 Å². The molecule has 2 rings (SSSR count). The third-order valence-electron chi connectivity index (χ3n) is 4.56. The standard InChI is InChI=1S/C21H32N2O5S/c1-14(2)13-21(17(24)25,15-7-9-16(27-6)10-8-15)23(18-22-11-12-29-18)19(26)28-20(3,4)5/h7-10,14,18,22H,11-13H2,1-6H3,(H,24,25)/t18?,21-/m1/s1. The molecule has 0 bridgehead atoms. The molecule has 0 spiro atoms. The van der Waals surface area contributed by atoms with Crippen LogP contribution in [-0.2, 0) is 15.1 Å². The fraction of sp³-hybridized carbons (Fsp3) is 0.619. The van der Waals surface area contributed by atoms with Crippen LogP contribution in [0.4, 0.5) is 4.79 Å². The largest absolute Gasteiger partial charge is 0.497 e. The van der Waals surface area contributed by atoms with Crippen molar-refractivity contribution in [2.75, 3.05) is 19.4 Å². The highest BCUT2D eigenvalue weighted by molar-refractivity contribution is 8.00. The Kier molecular flexibility index (Phi) is 7.45. The highest BCUT2D eigenvalue weighted by Crippen LogP contribution is 2.41. The first-order valence-electron chi connectivity index (χ1n) is 9.76. The zero-order chi connectivity index (χ0) is 21.8. The van der Waals surface area contributed by atoms with Crippen molar-refractivity contribution in [3.05, 3.63) is 29.8 Å². The summed E-state index contributed by atoms with van der Waals surface area (Å²) >= 11 is 1.50. The van der Waals surface area contributed by atoms with Crippen molar-refractivity contribution in [2.45, 2.75) is 57.7 Å². The van der Waals surface area contributed by atoms with Gasteiger partial charge in [0.25, 0.3) is 0 Å². The monoisotopic (exact) mass is 424 g/mol. The van der Waals surface area contributed by atoms with Gasteiger partial charge in [-0.15, -0.1) is 11.8 Å². The van der Waals surface area contributed by atoms with Crippen LogP contribution in [0.2, 0.25) is 0 Å². The number of hydrogen-bond acceptors (Lipinski definition) is 6. The van der Waals surface area contributed by atoms with Crippen LogP contribution in [0.5, 0.6) is 5.75 Å². The van der Waals surface area contributed by atoms with Crippen molar-refractivity contribution in [1.82, 2.24) is 10.2 Å². The van der Waals surface area contributed by atoms with Crippen LogP contribution in [0.15, 0.2) is 24.3 Å². The molecule has 0 radical (unpaired) electrons. The summed E-state index contributed by atoms with van der Waals surface area (Å²) in [5.74, 6) is 0.333. The Morgan fingerprint density at radius 1 is 1.28 bits per heavy atom. The van der Waals surface area contributed by atoms with E-state index in [9.17, 15) is 14.7 Å². The predicted octanol–water partition coefficient (Wildman–Crippen LogP) is 3.88. The Hall–Kier alpha value is -1.93. The first kappa shape index (κ1) is 23.3. The van der Waals surface area contributed by atoms with Crippen molar-refractivity contribution in [2.24, 2.45) is 5.92 Å². The Morgan fingerprint density at radius 2 is 1.90 bits per heavy atom. The van der Waals surface area contributed by atoms with Gasteiger partial charge in [0.2, 0.25) is 0 Å². The van der Waals surface area contributed by atoms with E-state index in [4.69, 9.17) is 9.47 Å². The number of aliphatic carboxylic acids is 1. The molecule has 1 heterocycles. The molecule has 1 unspecified atom stereocenters. The number of rotatable bonds is 7. The van der Waals surface area contributed by atoms with E-state index in [1.54, 1.807) is 52.1 Å². The molecule has 0 aliphatic carbocycles. The Bertz CT molecular complexity index is 711. The van der Waals surface area contributed by atoms with E-state index in [-0.39, 0.29) is 12.3 Å². The van der Waals surface area contributed by atoms with Crippen molar-refractivity contribution in [3.8, 4) is 5.75 Å². The van der Waals surface area contributed by atoms with Crippen LogP contribution in [-0.4, -0.2) is 52.6 Å². The SMILES string of the molecule is COc1ccc([C@](CC(C)C)(C(=O)O)N(C(=O)OC(C)(C)C)C2NCCS2)cc1. The lowest BCUT2D eigenvalue weighted by Gasteiger charge is -2.44. The fourth-order valence-electron chi connectivity index (χ4n) is 3.47. The minimum atomic E-state index is -1.59. The molecule has 0 aromatic heterocycles. The highest BCUT2D eigenvalue weighted by Gasteiger charge is 2.53. The maximum Gasteiger partial charge on any atom is 0.413 e. The summed E-state index contributed by atoms with van der Waals surface area (Å²) in [4.78, 5) is 27.6. The number of benzene rings is 1. The van der Waals surface area contributed by atoms with Crippen LogP contribution >= 0.6 is 11.8 Å². The minimum Gasteiger partial charge on any atom is -0.497 e. The van der Waals surface area contributed by atoms with Crippen molar-refractivity contribution in [3.63, 3.8) is 0 Å². The zero-order valence-electron chi connectivity index (χ0n) is 18.0. The summed E-state index contributed by atoms with van der Waals surface area (Å²) in [6.45, 7) is 9.91. The Morgan fingerprint density at radius 3 is 2.31 bits per heavy atom. The number of carbonyl (C=O) groups is 2. The quantitative estimate of drug-likeness (QED) is 0.687. The van der Waals surface area contributed by atoms with Gasteiger partial charge in [-0.1, -0.05) is 26.0 Å². The molecule has 1 aromatic carbocycles. The molecule has 1 fully saturated rings.